The molecule has 142 valence electrons. The second-order valence-corrected chi connectivity index (χ2v) is 5.83. The van der Waals surface area contributed by atoms with Crippen molar-refractivity contribution < 1.29 is 24.2 Å². The summed E-state index contributed by atoms with van der Waals surface area (Å²) in [5.41, 5.74) is 3.57. The van der Waals surface area contributed by atoms with Crippen molar-refractivity contribution in [1.29, 1.82) is 0 Å². The maximum Gasteiger partial charge on any atom is 0.297 e. The molecule has 0 unspecified atom stereocenters. The Hall–Kier alpha value is -3.08. The van der Waals surface area contributed by atoms with Gasteiger partial charge in [0, 0.05) is 0 Å². The van der Waals surface area contributed by atoms with Crippen molar-refractivity contribution in [3.63, 3.8) is 0 Å². The molecule has 10 heteroatoms. The van der Waals surface area contributed by atoms with Gasteiger partial charge in [-0.3, -0.25) is 14.0 Å². The van der Waals surface area contributed by atoms with Crippen LogP contribution in [0.3, 0.4) is 0 Å². The molecule has 4 N–H and O–H groups in total. The molecule has 2 aromatic heterocycles. The number of carbonyl (C=O) groups excluding carboxylic acids is 1. The number of anilines is 2. The number of aliphatic hydroxyl groups excluding tert-OH is 2. The van der Waals surface area contributed by atoms with Crippen LogP contribution in [0.1, 0.15) is 16.1 Å². The molecule has 0 aliphatic rings. The Balaban J connectivity index is 1.91. The highest BCUT2D eigenvalue weighted by Gasteiger charge is 2.19. The summed E-state index contributed by atoms with van der Waals surface area (Å²) in [5, 5.41) is 20.9. The van der Waals surface area contributed by atoms with Gasteiger partial charge >= 0.3 is 0 Å². The van der Waals surface area contributed by atoms with E-state index in [2.05, 4.69) is 20.8 Å². The number of fused-ring (bicyclic) bond motifs is 1. The van der Waals surface area contributed by atoms with Gasteiger partial charge in [-0.15, -0.1) is 0 Å². The van der Waals surface area contributed by atoms with Crippen molar-refractivity contribution in [2.24, 2.45) is 0 Å². The van der Waals surface area contributed by atoms with Gasteiger partial charge < -0.3 is 15.5 Å². The Morgan fingerprint density at radius 3 is 2.96 bits per heavy atom. The molecule has 0 aliphatic heterocycles. The minimum Gasteiger partial charge on any atom is -0.394 e. The third kappa shape index (κ3) is 4.19. The number of aliphatic hydroxyl groups is 2. The molecule has 1 aromatic carbocycles. The lowest BCUT2D eigenvalue weighted by Gasteiger charge is -2.14. The number of aryl methyl sites for hydroxylation is 1. The second kappa shape index (κ2) is 8.08. The summed E-state index contributed by atoms with van der Waals surface area (Å²) in [6.07, 6.45) is 3.30. The van der Waals surface area contributed by atoms with Gasteiger partial charge in [0.25, 0.3) is 5.91 Å². The Kier molecular flexibility index (Phi) is 5.60. The van der Waals surface area contributed by atoms with Crippen LogP contribution in [-0.4, -0.2) is 49.8 Å². The predicted octanol–water partition coefficient (Wildman–Crippen LogP) is 0.935. The third-order valence-corrected chi connectivity index (χ3v) is 3.70. The van der Waals surface area contributed by atoms with Crippen LogP contribution in [0.15, 0.2) is 36.9 Å². The van der Waals surface area contributed by atoms with E-state index in [0.717, 1.165) is 5.56 Å². The van der Waals surface area contributed by atoms with E-state index in [9.17, 15) is 14.3 Å². The fraction of sp³-hybridized carbons (Fsp3) is 0.235. The fourth-order valence-corrected chi connectivity index (χ4v) is 2.33. The topological polar surface area (TPSA) is 121 Å². The Labute approximate surface area is 153 Å². The quantitative estimate of drug-likeness (QED) is 0.454. The van der Waals surface area contributed by atoms with Crippen molar-refractivity contribution in [2.45, 2.75) is 13.0 Å². The molecule has 0 radical (unpaired) electrons. The number of hydroxylamine groups is 1. The first kappa shape index (κ1) is 18.7. The number of nitrogens with one attached hydrogen (secondary N) is 2. The van der Waals surface area contributed by atoms with E-state index in [4.69, 9.17) is 9.94 Å². The molecule has 27 heavy (non-hydrogen) atoms. The van der Waals surface area contributed by atoms with Gasteiger partial charge in [0.15, 0.2) is 5.69 Å². The van der Waals surface area contributed by atoms with E-state index in [1.165, 1.54) is 18.6 Å². The van der Waals surface area contributed by atoms with E-state index in [1.54, 1.807) is 29.7 Å². The van der Waals surface area contributed by atoms with E-state index in [0.29, 0.717) is 5.52 Å². The van der Waals surface area contributed by atoms with Gasteiger partial charge in [-0.05, 0) is 24.6 Å². The lowest BCUT2D eigenvalue weighted by molar-refractivity contribution is -0.0296. The lowest BCUT2D eigenvalue weighted by atomic mass is 10.2. The van der Waals surface area contributed by atoms with E-state index in [-0.39, 0.29) is 23.8 Å². The minimum absolute atomic E-state index is 0.0704. The standard InChI is InChI=1S/C17H18FN5O4/c1-10-2-3-14(13(18)4-10)21-16-15(17(26)22-27-8-12(25)7-24)20-6-11-5-19-9-23(11)16/h2-6,9,12,21,24-25H,7-8H2,1H3,(H,22,26)/t12-/m1/s1. The summed E-state index contributed by atoms with van der Waals surface area (Å²) >= 11 is 0. The van der Waals surface area contributed by atoms with Crippen molar-refractivity contribution in [2.75, 3.05) is 18.5 Å². The SMILES string of the molecule is Cc1ccc(Nc2c(C(=O)NOC[C@H](O)CO)ncc3cncn23)c(F)c1. The average Bonchev–Trinajstić information content (AvgIpc) is 3.12. The molecule has 0 fully saturated rings. The van der Waals surface area contributed by atoms with Gasteiger partial charge in [0.2, 0.25) is 0 Å². The van der Waals surface area contributed by atoms with E-state index < -0.39 is 24.4 Å². The van der Waals surface area contributed by atoms with Crippen LogP contribution in [0, 0.1) is 12.7 Å². The number of rotatable bonds is 7. The monoisotopic (exact) mass is 375 g/mol. The van der Waals surface area contributed by atoms with Crippen molar-refractivity contribution in [3.8, 4) is 0 Å². The zero-order valence-electron chi connectivity index (χ0n) is 14.4. The summed E-state index contributed by atoms with van der Waals surface area (Å²) in [4.78, 5) is 25.4. The number of hydrogen-bond donors (Lipinski definition) is 4. The predicted molar refractivity (Wildman–Crippen MR) is 93.9 cm³/mol. The van der Waals surface area contributed by atoms with Crippen molar-refractivity contribution in [1.82, 2.24) is 19.8 Å². The zero-order valence-corrected chi connectivity index (χ0v) is 14.4. The van der Waals surface area contributed by atoms with Gasteiger partial charge in [-0.1, -0.05) is 6.07 Å². The first-order valence-electron chi connectivity index (χ1n) is 8.05. The lowest BCUT2D eigenvalue weighted by Crippen LogP contribution is -2.31. The number of amides is 1. The van der Waals surface area contributed by atoms with Gasteiger partial charge in [-0.25, -0.2) is 19.8 Å². The number of aromatic nitrogens is 3. The molecule has 0 saturated carbocycles. The molecular formula is C17H18FN5O4. The average molecular weight is 375 g/mol. The molecule has 3 rings (SSSR count). The van der Waals surface area contributed by atoms with Crippen LogP contribution in [0.4, 0.5) is 15.9 Å². The molecule has 0 aliphatic carbocycles. The Morgan fingerprint density at radius 1 is 1.41 bits per heavy atom. The maximum atomic E-state index is 14.2. The number of benzene rings is 1. The molecule has 1 atom stereocenters. The molecule has 3 aromatic rings. The van der Waals surface area contributed by atoms with Crippen LogP contribution in [0.25, 0.3) is 5.52 Å². The maximum absolute atomic E-state index is 14.2. The Morgan fingerprint density at radius 2 is 2.22 bits per heavy atom. The van der Waals surface area contributed by atoms with Gasteiger partial charge in [0.1, 0.15) is 30.7 Å². The number of imidazole rings is 1. The smallest absolute Gasteiger partial charge is 0.297 e. The molecule has 9 nitrogen and oxygen atoms in total. The summed E-state index contributed by atoms with van der Waals surface area (Å²) < 4.78 is 15.8. The number of halogens is 1. The first-order valence-corrected chi connectivity index (χ1v) is 8.05. The minimum atomic E-state index is -1.13. The van der Waals surface area contributed by atoms with Crippen molar-refractivity contribution in [3.05, 3.63) is 54.0 Å². The van der Waals surface area contributed by atoms with E-state index in [1.807, 2.05) is 0 Å². The molecule has 2 heterocycles. The molecule has 1 amide bonds. The number of nitrogens with zero attached hydrogens (tertiary/aromatic N) is 3. The highest BCUT2D eigenvalue weighted by atomic mass is 19.1. The molecule has 0 spiro atoms. The fourth-order valence-electron chi connectivity index (χ4n) is 2.33. The highest BCUT2D eigenvalue weighted by molar-refractivity contribution is 5.97. The molecule has 0 saturated heterocycles. The Bertz CT molecular complexity index is 962. The summed E-state index contributed by atoms with van der Waals surface area (Å²) in [6.45, 7) is 0.960. The van der Waals surface area contributed by atoms with Crippen LogP contribution >= 0.6 is 0 Å². The summed E-state index contributed by atoms with van der Waals surface area (Å²) in [5.74, 6) is -1.01. The van der Waals surface area contributed by atoms with Gasteiger partial charge in [0.05, 0.1) is 30.2 Å². The van der Waals surface area contributed by atoms with E-state index >= 15 is 0 Å². The second-order valence-electron chi connectivity index (χ2n) is 5.83. The van der Waals surface area contributed by atoms with Crippen LogP contribution in [-0.2, 0) is 4.84 Å². The summed E-state index contributed by atoms with van der Waals surface area (Å²) in [7, 11) is 0. The normalized spacial score (nSPS) is 12.1. The largest absolute Gasteiger partial charge is 0.394 e. The van der Waals surface area contributed by atoms with Crippen LogP contribution in [0.5, 0.6) is 0 Å². The van der Waals surface area contributed by atoms with Crippen LogP contribution < -0.4 is 10.8 Å². The molecule has 0 bridgehead atoms. The first-order chi connectivity index (χ1) is 13.0. The zero-order chi connectivity index (χ0) is 19.4. The number of carbonyl (C=O) groups is 1. The van der Waals surface area contributed by atoms with Gasteiger partial charge in [-0.2, -0.15) is 0 Å². The van der Waals surface area contributed by atoms with Crippen LogP contribution in [0.2, 0.25) is 0 Å². The molecular weight excluding hydrogens is 357 g/mol. The highest BCUT2D eigenvalue weighted by Crippen LogP contribution is 2.24. The number of hydrogen-bond acceptors (Lipinski definition) is 7. The van der Waals surface area contributed by atoms with Crippen molar-refractivity contribution >= 4 is 22.9 Å². The third-order valence-electron chi connectivity index (χ3n) is 3.70. The summed E-state index contributed by atoms with van der Waals surface area (Å²) in [6, 6.07) is 4.64.